The largest absolute Gasteiger partial charge is 0.476 e. The third-order valence-electron chi connectivity index (χ3n) is 3.38. The second kappa shape index (κ2) is 7.22. The van der Waals surface area contributed by atoms with E-state index in [2.05, 4.69) is 17.2 Å². The van der Waals surface area contributed by atoms with E-state index in [-0.39, 0.29) is 0 Å². The zero-order chi connectivity index (χ0) is 13.5. The molecule has 0 radical (unpaired) electrons. The molecule has 1 saturated carbocycles. The van der Waals surface area contributed by atoms with Crippen molar-refractivity contribution in [1.29, 1.82) is 0 Å². The zero-order valence-corrected chi connectivity index (χ0v) is 11.8. The predicted molar refractivity (Wildman–Crippen MR) is 79.5 cm³/mol. The van der Waals surface area contributed by atoms with Crippen molar-refractivity contribution in [3.05, 3.63) is 12.1 Å². The highest BCUT2D eigenvalue weighted by molar-refractivity contribution is 5.53. The van der Waals surface area contributed by atoms with Gasteiger partial charge in [-0.2, -0.15) is 4.98 Å². The van der Waals surface area contributed by atoms with E-state index in [9.17, 15) is 0 Å². The normalized spacial score (nSPS) is 14.4. The molecule has 106 valence electrons. The van der Waals surface area contributed by atoms with E-state index in [0.29, 0.717) is 17.5 Å². The summed E-state index contributed by atoms with van der Waals surface area (Å²) in [6.45, 7) is 3.93. The molecule has 0 saturated heterocycles. The van der Waals surface area contributed by atoms with Crippen LogP contribution in [0.15, 0.2) is 12.1 Å². The lowest BCUT2D eigenvalue weighted by Gasteiger charge is -2.10. The summed E-state index contributed by atoms with van der Waals surface area (Å²) in [5.41, 5.74) is 6.50. The molecule has 0 unspecified atom stereocenters. The summed E-state index contributed by atoms with van der Waals surface area (Å²) >= 11 is 0. The van der Waals surface area contributed by atoms with Crippen LogP contribution in [0.2, 0.25) is 0 Å². The molecule has 4 nitrogen and oxygen atoms in total. The van der Waals surface area contributed by atoms with Gasteiger partial charge < -0.3 is 15.8 Å². The Morgan fingerprint density at radius 2 is 2.16 bits per heavy atom. The summed E-state index contributed by atoms with van der Waals surface area (Å²) in [6.07, 6.45) is 7.55. The van der Waals surface area contributed by atoms with Gasteiger partial charge in [-0.25, -0.2) is 0 Å². The number of aromatic nitrogens is 1. The van der Waals surface area contributed by atoms with Crippen LogP contribution in [0.3, 0.4) is 0 Å². The fourth-order valence-electron chi connectivity index (χ4n) is 1.91. The number of hydrogen-bond acceptors (Lipinski definition) is 4. The van der Waals surface area contributed by atoms with Crippen LogP contribution in [0.4, 0.5) is 11.5 Å². The topological polar surface area (TPSA) is 60.2 Å². The molecular weight excluding hydrogens is 238 g/mol. The second-order valence-corrected chi connectivity index (χ2v) is 5.33. The molecule has 3 N–H and O–H groups in total. The lowest BCUT2D eigenvalue weighted by atomic mass is 10.2. The molecule has 1 fully saturated rings. The van der Waals surface area contributed by atoms with Gasteiger partial charge in [0.2, 0.25) is 5.88 Å². The van der Waals surface area contributed by atoms with Gasteiger partial charge in [-0.15, -0.1) is 0 Å². The summed E-state index contributed by atoms with van der Waals surface area (Å²) in [6, 6.07) is 3.78. The van der Waals surface area contributed by atoms with Gasteiger partial charge in [-0.3, -0.25) is 0 Å². The molecule has 4 heteroatoms. The van der Waals surface area contributed by atoms with Crippen LogP contribution < -0.4 is 15.8 Å². The fraction of sp³-hybridized carbons (Fsp3) is 0.667. The minimum Gasteiger partial charge on any atom is -0.476 e. The summed E-state index contributed by atoms with van der Waals surface area (Å²) in [4.78, 5) is 4.43. The van der Waals surface area contributed by atoms with Crippen LogP contribution in [0.25, 0.3) is 0 Å². The van der Waals surface area contributed by atoms with E-state index >= 15 is 0 Å². The van der Waals surface area contributed by atoms with Crippen molar-refractivity contribution in [1.82, 2.24) is 4.98 Å². The number of unbranched alkanes of at least 4 members (excludes halogenated alkanes) is 3. The maximum Gasteiger partial charge on any atom is 0.239 e. The number of rotatable bonds is 9. The first-order valence-corrected chi connectivity index (χ1v) is 7.42. The molecule has 1 aliphatic carbocycles. The molecule has 0 aromatic carbocycles. The minimum atomic E-state index is 0.574. The number of hydrogen-bond donors (Lipinski definition) is 2. The number of anilines is 2. The summed E-state index contributed by atoms with van der Waals surface area (Å²) < 4.78 is 5.67. The molecule has 0 amide bonds. The number of nitrogens with zero attached hydrogens (tertiary/aromatic N) is 1. The van der Waals surface area contributed by atoms with Crippen LogP contribution >= 0.6 is 0 Å². The van der Waals surface area contributed by atoms with Crippen LogP contribution in [-0.2, 0) is 0 Å². The Labute approximate surface area is 115 Å². The van der Waals surface area contributed by atoms with Crippen LogP contribution in [0.1, 0.15) is 45.4 Å². The van der Waals surface area contributed by atoms with E-state index in [1.807, 2.05) is 12.1 Å². The summed E-state index contributed by atoms with van der Waals surface area (Å²) in [5, 5.41) is 3.33. The van der Waals surface area contributed by atoms with Crippen molar-refractivity contribution in [3.8, 4) is 5.88 Å². The Morgan fingerprint density at radius 1 is 1.32 bits per heavy atom. The van der Waals surface area contributed by atoms with Gasteiger partial charge in [0.15, 0.2) is 0 Å². The molecule has 0 aliphatic heterocycles. The Bertz CT molecular complexity index is 391. The molecule has 19 heavy (non-hydrogen) atoms. The molecule has 0 bridgehead atoms. The maximum atomic E-state index is 5.88. The second-order valence-electron chi connectivity index (χ2n) is 5.33. The van der Waals surface area contributed by atoms with Crippen LogP contribution in [0.5, 0.6) is 5.88 Å². The smallest absolute Gasteiger partial charge is 0.239 e. The molecular formula is C15H25N3O. The first-order chi connectivity index (χ1) is 9.29. The number of ether oxygens (including phenoxy) is 1. The van der Waals surface area contributed by atoms with Crippen molar-refractivity contribution >= 4 is 11.5 Å². The maximum absolute atomic E-state index is 5.88. The Morgan fingerprint density at radius 3 is 2.89 bits per heavy atom. The van der Waals surface area contributed by atoms with Crippen molar-refractivity contribution in [2.24, 2.45) is 5.92 Å². The van der Waals surface area contributed by atoms with Gasteiger partial charge in [0.1, 0.15) is 5.82 Å². The van der Waals surface area contributed by atoms with Gasteiger partial charge >= 0.3 is 0 Å². The van der Waals surface area contributed by atoms with Gasteiger partial charge in [0.05, 0.1) is 12.3 Å². The van der Waals surface area contributed by atoms with Crippen LogP contribution in [-0.4, -0.2) is 18.1 Å². The number of nitrogens with one attached hydrogen (secondary N) is 1. The number of pyridine rings is 1. The summed E-state index contributed by atoms with van der Waals surface area (Å²) in [7, 11) is 0. The standard InChI is InChI=1S/C15H25N3O/c1-2-3-4-5-10-17-14-9-8-13(16)15(18-14)19-11-12-6-7-12/h8-9,12H,2-7,10-11,16H2,1H3,(H,17,18). The highest BCUT2D eigenvalue weighted by Gasteiger charge is 2.22. The number of nitrogens with two attached hydrogens (primary N) is 1. The average Bonchev–Trinajstić information content (AvgIpc) is 3.23. The van der Waals surface area contributed by atoms with Crippen LogP contribution in [0, 0.1) is 5.92 Å². The van der Waals surface area contributed by atoms with Crippen molar-refractivity contribution in [2.45, 2.75) is 45.4 Å². The molecule has 0 atom stereocenters. The highest BCUT2D eigenvalue weighted by Crippen LogP contribution is 2.30. The van der Waals surface area contributed by atoms with Gasteiger partial charge in [0, 0.05) is 6.54 Å². The van der Waals surface area contributed by atoms with E-state index < -0.39 is 0 Å². The van der Waals surface area contributed by atoms with E-state index in [1.165, 1.54) is 38.5 Å². The van der Waals surface area contributed by atoms with Gasteiger partial charge in [-0.1, -0.05) is 26.2 Å². The summed E-state index contributed by atoms with van der Waals surface area (Å²) in [5.74, 6) is 2.15. The van der Waals surface area contributed by atoms with Crippen molar-refractivity contribution < 1.29 is 4.74 Å². The fourth-order valence-corrected chi connectivity index (χ4v) is 1.91. The molecule has 1 aromatic heterocycles. The van der Waals surface area contributed by atoms with Gasteiger partial charge in [0.25, 0.3) is 0 Å². The highest BCUT2D eigenvalue weighted by atomic mass is 16.5. The third-order valence-corrected chi connectivity index (χ3v) is 3.38. The molecule has 1 aromatic rings. The van der Waals surface area contributed by atoms with Crippen molar-refractivity contribution in [3.63, 3.8) is 0 Å². The molecule has 2 rings (SSSR count). The Kier molecular flexibility index (Phi) is 5.31. The minimum absolute atomic E-state index is 0.574. The van der Waals surface area contributed by atoms with Gasteiger partial charge in [-0.05, 0) is 37.3 Å². The quantitative estimate of drug-likeness (QED) is 0.670. The first kappa shape index (κ1) is 14.0. The molecule has 1 heterocycles. The molecule has 0 spiro atoms. The van der Waals surface area contributed by atoms with E-state index in [0.717, 1.165) is 19.0 Å². The Hall–Kier alpha value is -1.45. The molecule has 1 aliphatic rings. The lowest BCUT2D eigenvalue weighted by Crippen LogP contribution is -2.07. The monoisotopic (exact) mass is 263 g/mol. The SMILES string of the molecule is CCCCCCNc1ccc(N)c(OCC2CC2)n1. The first-order valence-electron chi connectivity index (χ1n) is 7.42. The predicted octanol–water partition coefficient (Wildman–Crippen LogP) is 3.44. The van der Waals surface area contributed by atoms with Crippen molar-refractivity contribution in [2.75, 3.05) is 24.2 Å². The third kappa shape index (κ3) is 4.97. The van der Waals surface area contributed by atoms with E-state index in [1.54, 1.807) is 0 Å². The Balaban J connectivity index is 1.77. The van der Waals surface area contributed by atoms with E-state index in [4.69, 9.17) is 10.5 Å². The zero-order valence-electron chi connectivity index (χ0n) is 11.8. The number of nitrogen functional groups attached to an aromatic ring is 1. The lowest BCUT2D eigenvalue weighted by molar-refractivity contribution is 0.290. The average molecular weight is 263 g/mol.